The number of methoxy groups -OCH3 is 1. The van der Waals surface area contributed by atoms with Crippen molar-refractivity contribution >= 4 is 27.5 Å². The van der Waals surface area contributed by atoms with Crippen LogP contribution in [0.4, 0.5) is 0 Å². The average molecular weight is 362 g/mol. The van der Waals surface area contributed by atoms with Crippen molar-refractivity contribution in [1.29, 1.82) is 0 Å². The van der Waals surface area contributed by atoms with Crippen molar-refractivity contribution in [3.63, 3.8) is 0 Å². The highest BCUT2D eigenvalue weighted by Gasteiger charge is 2.31. The monoisotopic (exact) mass is 360 g/mol. The van der Waals surface area contributed by atoms with Crippen molar-refractivity contribution in [2.75, 3.05) is 26.7 Å². The lowest BCUT2D eigenvalue weighted by atomic mass is 9.93. The fourth-order valence-electron chi connectivity index (χ4n) is 2.89. The molecule has 1 saturated heterocycles. The highest BCUT2D eigenvalue weighted by molar-refractivity contribution is 9.10. The predicted molar refractivity (Wildman–Crippen MR) is 87.1 cm³/mol. The van der Waals surface area contributed by atoms with E-state index in [2.05, 4.69) is 33.8 Å². The number of nitrogens with two attached hydrogens (primary N) is 1. The number of hydrogen-bond donors (Lipinski definition) is 1. The van der Waals surface area contributed by atoms with Crippen LogP contribution < -0.4 is 5.73 Å². The first-order chi connectivity index (χ1) is 9.56. The van der Waals surface area contributed by atoms with Crippen LogP contribution in [0.25, 0.3) is 0 Å². The van der Waals surface area contributed by atoms with Crippen LogP contribution in [0.2, 0.25) is 5.02 Å². The number of piperidine rings is 1. The first kappa shape index (κ1) is 16.2. The molecule has 0 radical (unpaired) electrons. The lowest BCUT2D eigenvalue weighted by Crippen LogP contribution is -2.47. The molecule has 5 heteroatoms. The molecule has 1 aromatic rings. The summed E-state index contributed by atoms with van der Waals surface area (Å²) in [4.78, 5) is 2.42. The first-order valence-corrected chi connectivity index (χ1v) is 8.15. The van der Waals surface area contributed by atoms with Crippen molar-refractivity contribution in [3.05, 3.63) is 33.3 Å². The molecule has 1 aliphatic heterocycles. The van der Waals surface area contributed by atoms with E-state index < -0.39 is 0 Å². The molecule has 0 bridgehead atoms. The van der Waals surface area contributed by atoms with Gasteiger partial charge in [0.25, 0.3) is 0 Å². The fraction of sp³-hybridized carbons (Fsp3) is 0.600. The topological polar surface area (TPSA) is 38.5 Å². The van der Waals surface area contributed by atoms with Gasteiger partial charge in [0.2, 0.25) is 0 Å². The first-order valence-electron chi connectivity index (χ1n) is 6.98. The molecular formula is C15H22BrClN2O. The Morgan fingerprint density at radius 1 is 1.55 bits per heavy atom. The van der Waals surface area contributed by atoms with Crippen molar-refractivity contribution in [3.8, 4) is 0 Å². The zero-order chi connectivity index (χ0) is 14.7. The summed E-state index contributed by atoms with van der Waals surface area (Å²) in [5.41, 5.74) is 7.22. The maximum Gasteiger partial charge on any atom is 0.0724 e. The second-order valence-electron chi connectivity index (χ2n) is 5.45. The minimum atomic E-state index is 0.201. The van der Waals surface area contributed by atoms with E-state index in [1.165, 1.54) is 5.56 Å². The molecule has 3 unspecified atom stereocenters. The van der Waals surface area contributed by atoms with E-state index in [0.29, 0.717) is 12.5 Å². The van der Waals surface area contributed by atoms with Crippen LogP contribution in [0.3, 0.4) is 0 Å². The van der Waals surface area contributed by atoms with Crippen LogP contribution >= 0.6 is 27.5 Å². The fourth-order valence-corrected chi connectivity index (χ4v) is 3.84. The summed E-state index contributed by atoms with van der Waals surface area (Å²) >= 11 is 9.62. The smallest absolute Gasteiger partial charge is 0.0724 e. The third-order valence-electron chi connectivity index (χ3n) is 4.21. The van der Waals surface area contributed by atoms with Crippen LogP contribution in [-0.2, 0) is 4.74 Å². The summed E-state index contributed by atoms with van der Waals surface area (Å²) in [5, 5.41) is 0.735. The minimum absolute atomic E-state index is 0.201. The van der Waals surface area contributed by atoms with E-state index in [-0.39, 0.29) is 12.1 Å². The highest BCUT2D eigenvalue weighted by atomic mass is 79.9. The van der Waals surface area contributed by atoms with Gasteiger partial charge in [0.1, 0.15) is 0 Å². The number of benzene rings is 1. The lowest BCUT2D eigenvalue weighted by molar-refractivity contribution is -0.0184. The molecule has 3 atom stereocenters. The van der Waals surface area contributed by atoms with E-state index in [1.807, 2.05) is 12.1 Å². The van der Waals surface area contributed by atoms with E-state index in [0.717, 1.165) is 29.0 Å². The van der Waals surface area contributed by atoms with Gasteiger partial charge in [-0.2, -0.15) is 0 Å². The quantitative estimate of drug-likeness (QED) is 0.892. The summed E-state index contributed by atoms with van der Waals surface area (Å²) in [6.45, 7) is 4.82. The normalized spacial score (nSPS) is 25.6. The number of nitrogens with zero attached hydrogens (tertiary/aromatic N) is 1. The summed E-state index contributed by atoms with van der Waals surface area (Å²) < 4.78 is 6.62. The molecule has 0 spiro atoms. The van der Waals surface area contributed by atoms with Crippen LogP contribution in [0, 0.1) is 5.92 Å². The number of hydrogen-bond acceptors (Lipinski definition) is 3. The summed E-state index contributed by atoms with van der Waals surface area (Å²) in [6, 6.07) is 6.11. The standard InChI is InChI=1S/C15H22BrClN2O/c1-10-5-6-19(9-15(10)20-2)14(8-18)12-4-3-11(17)7-13(12)16/h3-4,7,10,14-15H,5-6,8-9,18H2,1-2H3. The average Bonchev–Trinajstić information content (AvgIpc) is 2.43. The molecule has 0 aromatic heterocycles. The molecule has 0 aliphatic carbocycles. The SMILES string of the molecule is COC1CN(C(CN)c2ccc(Cl)cc2Br)CCC1C. The Hall–Kier alpha value is -0.130. The summed E-state index contributed by atoms with van der Waals surface area (Å²) in [6.07, 6.45) is 1.42. The van der Waals surface area contributed by atoms with Crippen LogP contribution in [0.1, 0.15) is 24.9 Å². The second kappa shape index (κ2) is 7.23. The van der Waals surface area contributed by atoms with E-state index in [4.69, 9.17) is 22.1 Å². The van der Waals surface area contributed by atoms with Gasteiger partial charge in [-0.3, -0.25) is 4.90 Å². The molecule has 2 rings (SSSR count). The largest absolute Gasteiger partial charge is 0.380 e. The molecule has 1 aliphatic rings. The molecule has 0 saturated carbocycles. The molecular weight excluding hydrogens is 340 g/mol. The van der Waals surface area contributed by atoms with Gasteiger partial charge in [0.15, 0.2) is 0 Å². The highest BCUT2D eigenvalue weighted by Crippen LogP contribution is 2.32. The van der Waals surface area contributed by atoms with Crippen molar-refractivity contribution in [2.45, 2.75) is 25.5 Å². The lowest BCUT2D eigenvalue weighted by Gasteiger charge is -2.40. The van der Waals surface area contributed by atoms with E-state index in [1.54, 1.807) is 7.11 Å². The van der Waals surface area contributed by atoms with Crippen molar-refractivity contribution in [2.24, 2.45) is 11.7 Å². The Bertz CT molecular complexity index is 457. The molecule has 112 valence electrons. The maximum atomic E-state index is 6.03. The Kier molecular flexibility index (Phi) is 5.87. The number of rotatable bonds is 4. The Balaban J connectivity index is 2.19. The summed E-state index contributed by atoms with van der Waals surface area (Å²) in [5.74, 6) is 0.600. The van der Waals surface area contributed by atoms with E-state index >= 15 is 0 Å². The number of halogens is 2. The van der Waals surface area contributed by atoms with Gasteiger partial charge in [-0.05, 0) is 36.6 Å². The van der Waals surface area contributed by atoms with Crippen LogP contribution in [0.5, 0.6) is 0 Å². The third-order valence-corrected chi connectivity index (χ3v) is 5.13. The molecule has 1 heterocycles. The Morgan fingerprint density at radius 3 is 2.90 bits per heavy atom. The van der Waals surface area contributed by atoms with Gasteiger partial charge in [0.05, 0.1) is 6.10 Å². The van der Waals surface area contributed by atoms with Gasteiger partial charge in [0, 0.05) is 35.7 Å². The maximum absolute atomic E-state index is 6.03. The summed E-state index contributed by atoms with van der Waals surface area (Å²) in [7, 11) is 1.79. The number of ether oxygens (including phenoxy) is 1. The molecule has 0 amide bonds. The van der Waals surface area contributed by atoms with Gasteiger partial charge in [-0.1, -0.05) is 40.5 Å². The van der Waals surface area contributed by atoms with Gasteiger partial charge >= 0.3 is 0 Å². The number of likely N-dealkylation sites (tertiary alicyclic amines) is 1. The zero-order valence-electron chi connectivity index (χ0n) is 12.0. The van der Waals surface area contributed by atoms with E-state index in [9.17, 15) is 0 Å². The molecule has 20 heavy (non-hydrogen) atoms. The third kappa shape index (κ3) is 3.55. The van der Waals surface area contributed by atoms with Gasteiger partial charge < -0.3 is 10.5 Å². The predicted octanol–water partition coefficient (Wildman–Crippen LogP) is 3.46. The van der Waals surface area contributed by atoms with Gasteiger partial charge in [-0.15, -0.1) is 0 Å². The van der Waals surface area contributed by atoms with Gasteiger partial charge in [-0.25, -0.2) is 0 Å². The molecule has 1 aromatic carbocycles. The zero-order valence-corrected chi connectivity index (χ0v) is 14.3. The molecule has 3 nitrogen and oxygen atoms in total. The Morgan fingerprint density at radius 2 is 2.30 bits per heavy atom. The van der Waals surface area contributed by atoms with Crippen LogP contribution in [-0.4, -0.2) is 37.7 Å². The molecule has 2 N–H and O–H groups in total. The Labute approximate surface area is 134 Å². The molecule has 1 fully saturated rings. The van der Waals surface area contributed by atoms with Crippen molar-refractivity contribution in [1.82, 2.24) is 4.90 Å². The minimum Gasteiger partial charge on any atom is -0.380 e. The van der Waals surface area contributed by atoms with Crippen molar-refractivity contribution < 1.29 is 4.74 Å². The van der Waals surface area contributed by atoms with Crippen LogP contribution in [0.15, 0.2) is 22.7 Å². The second-order valence-corrected chi connectivity index (χ2v) is 6.74.